The fourth-order valence-corrected chi connectivity index (χ4v) is 4.91. The summed E-state index contributed by atoms with van der Waals surface area (Å²) in [5.74, 6) is 0.534. The summed E-state index contributed by atoms with van der Waals surface area (Å²) in [4.78, 5) is 26.3. The van der Waals surface area contributed by atoms with Crippen LogP contribution in [0.1, 0.15) is 40.3 Å². The first-order valence-electron chi connectivity index (χ1n) is 11.1. The molecule has 3 heterocycles. The zero-order valence-corrected chi connectivity index (χ0v) is 19.4. The molecule has 2 aromatic carbocycles. The van der Waals surface area contributed by atoms with Crippen molar-refractivity contribution in [3.63, 3.8) is 0 Å². The monoisotopic (exact) mass is 454 g/mol. The van der Waals surface area contributed by atoms with E-state index in [4.69, 9.17) is 9.47 Å². The molecule has 4 aromatic rings. The Morgan fingerprint density at radius 1 is 1.06 bits per heavy atom. The number of pyridine rings is 1. The van der Waals surface area contributed by atoms with Crippen LogP contribution in [-0.2, 0) is 15.1 Å². The summed E-state index contributed by atoms with van der Waals surface area (Å²) in [6.45, 7) is 0. The van der Waals surface area contributed by atoms with Crippen LogP contribution in [0.15, 0.2) is 79.4 Å². The van der Waals surface area contributed by atoms with Gasteiger partial charge in [0.2, 0.25) is 11.8 Å². The van der Waals surface area contributed by atoms with Gasteiger partial charge in [0.05, 0.1) is 25.3 Å². The van der Waals surface area contributed by atoms with Crippen molar-refractivity contribution in [3.05, 3.63) is 107 Å². The van der Waals surface area contributed by atoms with Gasteiger partial charge in [-0.05, 0) is 34.9 Å². The van der Waals surface area contributed by atoms with Crippen LogP contribution in [0.25, 0.3) is 0 Å². The number of rotatable bonds is 6. The number of anilines is 1. The van der Waals surface area contributed by atoms with Gasteiger partial charge in [-0.3, -0.25) is 4.79 Å². The molecular weight excluding hydrogens is 428 g/mol. The van der Waals surface area contributed by atoms with Crippen molar-refractivity contribution < 1.29 is 14.3 Å². The number of nitrogens with one attached hydrogen (secondary N) is 1. The lowest BCUT2D eigenvalue weighted by molar-refractivity contribution is -0.118. The van der Waals surface area contributed by atoms with Crippen molar-refractivity contribution in [2.75, 3.05) is 26.2 Å². The number of carbonyl (C=O) groups excluding carboxylic acids is 1. The van der Waals surface area contributed by atoms with Crippen LogP contribution >= 0.6 is 0 Å². The summed E-state index contributed by atoms with van der Waals surface area (Å²) in [5.41, 5.74) is 4.64. The minimum absolute atomic E-state index is 0.0526. The Hall–Kier alpha value is -3.97. The van der Waals surface area contributed by atoms with Crippen LogP contribution < -0.4 is 9.64 Å². The van der Waals surface area contributed by atoms with Gasteiger partial charge in [-0.1, -0.05) is 36.4 Å². The van der Waals surface area contributed by atoms with Gasteiger partial charge in [-0.15, -0.1) is 0 Å². The van der Waals surface area contributed by atoms with Gasteiger partial charge in [-0.2, -0.15) is 0 Å². The average Bonchev–Trinajstić information content (AvgIpc) is 3.43. The first kappa shape index (κ1) is 21.9. The molecule has 2 unspecified atom stereocenters. The van der Waals surface area contributed by atoms with Gasteiger partial charge in [-0.25, -0.2) is 9.97 Å². The minimum Gasteiger partial charge on any atom is -0.481 e. The predicted octanol–water partition coefficient (Wildman–Crippen LogP) is 4.25. The molecule has 0 aliphatic carbocycles. The SMILES string of the molecule is COc1cc(C(OC)(c2ccc3c(c2)C(c2ccccc2)CC(=O)N3C)c2cnc[nH]2)ccn1. The molecule has 34 heavy (non-hydrogen) atoms. The van der Waals surface area contributed by atoms with E-state index in [1.54, 1.807) is 37.8 Å². The van der Waals surface area contributed by atoms with Crippen LogP contribution in [0.4, 0.5) is 5.69 Å². The quantitative estimate of drug-likeness (QED) is 0.471. The van der Waals surface area contributed by atoms with Crippen molar-refractivity contribution in [3.8, 4) is 5.88 Å². The normalized spacial score (nSPS) is 17.2. The van der Waals surface area contributed by atoms with Crippen molar-refractivity contribution in [2.24, 2.45) is 0 Å². The number of hydrogen-bond acceptors (Lipinski definition) is 5. The summed E-state index contributed by atoms with van der Waals surface area (Å²) in [6, 6.07) is 20.1. The fourth-order valence-electron chi connectivity index (χ4n) is 4.91. The number of carbonyl (C=O) groups is 1. The van der Waals surface area contributed by atoms with E-state index in [1.165, 1.54) is 0 Å². The maximum absolute atomic E-state index is 12.8. The van der Waals surface area contributed by atoms with Crippen LogP contribution in [-0.4, -0.2) is 42.1 Å². The van der Waals surface area contributed by atoms with E-state index < -0.39 is 5.60 Å². The molecule has 2 aromatic heterocycles. The lowest BCUT2D eigenvalue weighted by Crippen LogP contribution is -2.35. The molecule has 1 aliphatic heterocycles. The summed E-state index contributed by atoms with van der Waals surface area (Å²) in [5, 5.41) is 0. The van der Waals surface area contributed by atoms with Crippen molar-refractivity contribution in [1.82, 2.24) is 15.0 Å². The molecular formula is C27H26N4O3. The standard InChI is InChI=1S/C27H26N4O3/c1-31-23-10-9-19(13-22(23)21(15-26(31)32)18-7-5-4-6-8-18)27(34-3,24-16-28-17-30-24)20-11-12-29-25(14-20)33-2/h4-14,16-17,21H,15H2,1-3H3,(H,28,30). The molecule has 7 nitrogen and oxygen atoms in total. The molecule has 172 valence electrons. The number of hydrogen-bond donors (Lipinski definition) is 1. The number of aromatic amines is 1. The first-order chi connectivity index (χ1) is 16.6. The fraction of sp³-hybridized carbons (Fsp3) is 0.222. The average molecular weight is 455 g/mol. The highest BCUT2D eigenvalue weighted by Gasteiger charge is 2.40. The highest BCUT2D eigenvalue weighted by atomic mass is 16.5. The molecule has 2 atom stereocenters. The highest BCUT2D eigenvalue weighted by molar-refractivity contribution is 5.97. The third kappa shape index (κ3) is 3.45. The number of methoxy groups -OCH3 is 2. The van der Waals surface area contributed by atoms with E-state index in [0.29, 0.717) is 12.3 Å². The van der Waals surface area contributed by atoms with Gasteiger partial charge in [0.1, 0.15) is 0 Å². The number of nitrogens with zero attached hydrogens (tertiary/aromatic N) is 3. The van der Waals surface area contributed by atoms with Crippen LogP contribution in [0, 0.1) is 0 Å². The van der Waals surface area contributed by atoms with Crippen LogP contribution in [0.2, 0.25) is 0 Å². The summed E-state index contributed by atoms with van der Waals surface area (Å²) in [6.07, 6.45) is 5.51. The van der Waals surface area contributed by atoms with E-state index in [-0.39, 0.29) is 11.8 Å². The Balaban J connectivity index is 1.75. The predicted molar refractivity (Wildman–Crippen MR) is 129 cm³/mol. The Bertz CT molecular complexity index is 1310. The number of aromatic nitrogens is 3. The zero-order valence-electron chi connectivity index (χ0n) is 19.4. The summed E-state index contributed by atoms with van der Waals surface area (Å²) in [7, 11) is 5.10. The number of benzene rings is 2. The molecule has 7 heteroatoms. The molecule has 0 fully saturated rings. The summed E-state index contributed by atoms with van der Waals surface area (Å²) >= 11 is 0. The van der Waals surface area contributed by atoms with Crippen molar-refractivity contribution in [2.45, 2.75) is 17.9 Å². The molecule has 0 radical (unpaired) electrons. The number of amides is 1. The van der Waals surface area contributed by atoms with Crippen LogP contribution in [0.3, 0.4) is 0 Å². The first-order valence-corrected chi connectivity index (χ1v) is 11.1. The topological polar surface area (TPSA) is 80.3 Å². The minimum atomic E-state index is -0.983. The Kier molecular flexibility index (Phi) is 5.63. The maximum atomic E-state index is 12.8. The number of imidazole rings is 1. The molecule has 0 saturated heterocycles. The Labute approximate surface area is 198 Å². The Morgan fingerprint density at radius 2 is 1.85 bits per heavy atom. The second-order valence-electron chi connectivity index (χ2n) is 8.33. The number of fused-ring (bicyclic) bond motifs is 1. The molecule has 1 aliphatic rings. The van der Waals surface area contributed by atoms with E-state index in [0.717, 1.165) is 33.6 Å². The second-order valence-corrected chi connectivity index (χ2v) is 8.33. The summed E-state index contributed by atoms with van der Waals surface area (Å²) < 4.78 is 11.7. The third-order valence-corrected chi connectivity index (χ3v) is 6.66. The van der Waals surface area contributed by atoms with Gasteiger partial charge < -0.3 is 19.4 Å². The molecule has 0 bridgehead atoms. The van der Waals surface area contributed by atoms with Gasteiger partial charge in [0.15, 0.2) is 5.60 Å². The molecule has 1 amide bonds. The number of ether oxygens (including phenoxy) is 2. The lowest BCUT2D eigenvalue weighted by atomic mass is 9.78. The van der Waals surface area contributed by atoms with E-state index in [9.17, 15) is 4.79 Å². The van der Waals surface area contributed by atoms with Gasteiger partial charge >= 0.3 is 0 Å². The van der Waals surface area contributed by atoms with E-state index in [2.05, 4.69) is 33.2 Å². The molecule has 1 N–H and O–H groups in total. The maximum Gasteiger partial charge on any atom is 0.227 e. The molecule has 0 spiro atoms. The highest BCUT2D eigenvalue weighted by Crippen LogP contribution is 2.45. The number of H-pyrrole nitrogens is 1. The lowest BCUT2D eigenvalue weighted by Gasteiger charge is -2.36. The van der Waals surface area contributed by atoms with Crippen LogP contribution in [0.5, 0.6) is 5.88 Å². The third-order valence-electron chi connectivity index (χ3n) is 6.66. The molecule has 5 rings (SSSR count). The largest absolute Gasteiger partial charge is 0.481 e. The van der Waals surface area contributed by atoms with E-state index in [1.807, 2.05) is 49.5 Å². The Morgan fingerprint density at radius 3 is 2.56 bits per heavy atom. The van der Waals surface area contributed by atoms with Gasteiger partial charge in [0, 0.05) is 50.0 Å². The molecule has 0 saturated carbocycles. The van der Waals surface area contributed by atoms with Gasteiger partial charge in [0.25, 0.3) is 0 Å². The smallest absolute Gasteiger partial charge is 0.227 e. The van der Waals surface area contributed by atoms with Crippen molar-refractivity contribution in [1.29, 1.82) is 0 Å². The zero-order chi connectivity index (χ0) is 23.7. The second kappa shape index (κ2) is 8.76. The van der Waals surface area contributed by atoms with Crippen molar-refractivity contribution >= 4 is 11.6 Å². The van der Waals surface area contributed by atoms with E-state index >= 15 is 0 Å².